The van der Waals surface area contributed by atoms with Gasteiger partial charge in [-0.3, -0.25) is 4.98 Å². The summed E-state index contributed by atoms with van der Waals surface area (Å²) in [5.74, 6) is 0.745. The Morgan fingerprint density at radius 1 is 1.31 bits per heavy atom. The van der Waals surface area contributed by atoms with Gasteiger partial charge in [-0.1, -0.05) is 0 Å². The molecule has 2 N–H and O–H groups in total. The van der Waals surface area contributed by atoms with Crippen LogP contribution in [0.5, 0.6) is 0 Å². The molecule has 0 unspecified atom stereocenters. The van der Waals surface area contributed by atoms with E-state index >= 15 is 0 Å². The molecule has 5 heteroatoms. The van der Waals surface area contributed by atoms with E-state index in [-0.39, 0.29) is 19.3 Å². The molecule has 1 aromatic rings. The second-order valence-electron chi connectivity index (χ2n) is 3.89. The average molecular weight is 225 g/mol. The van der Waals surface area contributed by atoms with Crippen molar-refractivity contribution in [3.63, 3.8) is 0 Å². The molecular formula is C11H19N3O2. The third-order valence-electron chi connectivity index (χ3n) is 2.31. The molecule has 0 aliphatic heterocycles. The summed E-state index contributed by atoms with van der Waals surface area (Å²) in [5.41, 5.74) is 0.562. The average Bonchev–Trinajstić information content (AvgIpc) is 2.29. The van der Waals surface area contributed by atoms with E-state index in [0.29, 0.717) is 12.1 Å². The van der Waals surface area contributed by atoms with Crippen molar-refractivity contribution >= 4 is 5.82 Å². The Bertz CT molecular complexity index is 318. The fourth-order valence-electron chi connectivity index (χ4n) is 1.49. The van der Waals surface area contributed by atoms with Gasteiger partial charge in [0.15, 0.2) is 0 Å². The molecular weight excluding hydrogens is 206 g/mol. The quantitative estimate of drug-likeness (QED) is 0.740. The molecule has 0 aliphatic carbocycles. The highest BCUT2D eigenvalue weighted by Gasteiger charge is 2.12. The van der Waals surface area contributed by atoms with Crippen LogP contribution in [-0.2, 0) is 6.61 Å². The molecule has 0 aromatic carbocycles. The minimum Gasteiger partial charge on any atom is -0.396 e. The fraction of sp³-hybridized carbons (Fsp3) is 0.636. The summed E-state index contributed by atoms with van der Waals surface area (Å²) in [5, 5.41) is 17.8. The summed E-state index contributed by atoms with van der Waals surface area (Å²) < 4.78 is 0. The number of aromatic nitrogens is 2. The lowest BCUT2D eigenvalue weighted by atomic mass is 10.3. The Morgan fingerprint density at radius 2 is 2.06 bits per heavy atom. The van der Waals surface area contributed by atoms with Gasteiger partial charge in [-0.15, -0.1) is 0 Å². The number of aliphatic hydroxyl groups excluding tert-OH is 2. The Morgan fingerprint density at radius 3 is 2.62 bits per heavy atom. The number of rotatable bonds is 6. The van der Waals surface area contributed by atoms with Gasteiger partial charge in [0, 0.05) is 19.2 Å². The monoisotopic (exact) mass is 225 g/mol. The molecule has 1 heterocycles. The first kappa shape index (κ1) is 12.9. The highest BCUT2D eigenvalue weighted by molar-refractivity contribution is 5.37. The summed E-state index contributed by atoms with van der Waals surface area (Å²) in [6, 6.07) is 0.287. The van der Waals surface area contributed by atoms with Gasteiger partial charge in [-0.25, -0.2) is 4.98 Å². The molecule has 0 atom stereocenters. The maximum absolute atomic E-state index is 9.00. The van der Waals surface area contributed by atoms with Crippen LogP contribution in [0.3, 0.4) is 0 Å². The smallest absolute Gasteiger partial charge is 0.147 e. The van der Waals surface area contributed by atoms with E-state index in [0.717, 1.165) is 12.4 Å². The van der Waals surface area contributed by atoms with Crippen molar-refractivity contribution in [1.29, 1.82) is 0 Å². The Kier molecular flexibility index (Phi) is 5.14. The van der Waals surface area contributed by atoms with Crippen LogP contribution in [0.15, 0.2) is 12.4 Å². The topological polar surface area (TPSA) is 69.5 Å². The maximum Gasteiger partial charge on any atom is 0.147 e. The number of hydrogen-bond donors (Lipinski definition) is 2. The van der Waals surface area contributed by atoms with Gasteiger partial charge in [-0.2, -0.15) is 0 Å². The molecule has 90 valence electrons. The van der Waals surface area contributed by atoms with E-state index in [9.17, 15) is 0 Å². The predicted octanol–water partition coefficient (Wildman–Crippen LogP) is 0.566. The number of aliphatic hydroxyl groups is 2. The Balaban J connectivity index is 2.82. The molecule has 0 amide bonds. The van der Waals surface area contributed by atoms with E-state index in [4.69, 9.17) is 10.2 Å². The maximum atomic E-state index is 9.00. The van der Waals surface area contributed by atoms with Gasteiger partial charge >= 0.3 is 0 Å². The molecule has 1 rings (SSSR count). The summed E-state index contributed by atoms with van der Waals surface area (Å²) >= 11 is 0. The molecule has 0 fully saturated rings. The molecule has 5 nitrogen and oxygen atoms in total. The van der Waals surface area contributed by atoms with Crippen molar-refractivity contribution in [2.24, 2.45) is 0 Å². The van der Waals surface area contributed by atoms with Crippen molar-refractivity contribution < 1.29 is 10.2 Å². The normalized spacial score (nSPS) is 10.8. The molecule has 0 aliphatic rings. The van der Waals surface area contributed by atoms with Gasteiger partial charge in [0.05, 0.1) is 24.7 Å². The zero-order chi connectivity index (χ0) is 12.0. The molecule has 0 spiro atoms. The second-order valence-corrected chi connectivity index (χ2v) is 3.89. The van der Waals surface area contributed by atoms with Crippen LogP contribution in [0.25, 0.3) is 0 Å². The summed E-state index contributed by atoms with van der Waals surface area (Å²) in [6.07, 6.45) is 3.92. The highest BCUT2D eigenvalue weighted by atomic mass is 16.3. The van der Waals surface area contributed by atoms with E-state index in [1.807, 2.05) is 0 Å². The third kappa shape index (κ3) is 3.43. The number of nitrogens with zero attached hydrogens (tertiary/aromatic N) is 3. The molecule has 0 bridgehead atoms. The summed E-state index contributed by atoms with van der Waals surface area (Å²) in [4.78, 5) is 10.4. The van der Waals surface area contributed by atoms with Crippen molar-refractivity contribution in [2.75, 3.05) is 18.1 Å². The van der Waals surface area contributed by atoms with Gasteiger partial charge in [-0.05, 0) is 20.3 Å². The first-order valence-electron chi connectivity index (χ1n) is 5.48. The van der Waals surface area contributed by atoms with Crippen molar-refractivity contribution in [3.8, 4) is 0 Å². The number of anilines is 1. The first-order valence-corrected chi connectivity index (χ1v) is 5.48. The molecule has 0 saturated heterocycles. The SMILES string of the molecule is CC(C)N(CCCO)c1cncc(CO)n1. The van der Waals surface area contributed by atoms with Crippen LogP contribution in [0.2, 0.25) is 0 Å². The van der Waals surface area contributed by atoms with Gasteiger partial charge in [0.25, 0.3) is 0 Å². The van der Waals surface area contributed by atoms with Crippen LogP contribution < -0.4 is 4.90 Å². The lowest BCUT2D eigenvalue weighted by Crippen LogP contribution is -2.33. The standard InChI is InChI=1S/C11H19N3O2/c1-9(2)14(4-3-5-15)11-7-12-6-10(8-16)13-11/h6-7,9,15-16H,3-5,8H2,1-2H3. The van der Waals surface area contributed by atoms with E-state index in [2.05, 4.69) is 28.7 Å². The zero-order valence-corrected chi connectivity index (χ0v) is 9.80. The molecule has 0 radical (unpaired) electrons. The van der Waals surface area contributed by atoms with Gasteiger partial charge in [0.1, 0.15) is 5.82 Å². The number of hydrogen-bond acceptors (Lipinski definition) is 5. The van der Waals surface area contributed by atoms with Crippen molar-refractivity contribution in [3.05, 3.63) is 18.1 Å². The van der Waals surface area contributed by atoms with E-state index < -0.39 is 0 Å². The van der Waals surface area contributed by atoms with Crippen molar-refractivity contribution in [2.45, 2.75) is 32.9 Å². The minimum absolute atomic E-state index is 0.104. The third-order valence-corrected chi connectivity index (χ3v) is 2.31. The first-order chi connectivity index (χ1) is 7.69. The highest BCUT2D eigenvalue weighted by Crippen LogP contribution is 2.13. The van der Waals surface area contributed by atoms with Crippen LogP contribution in [0.4, 0.5) is 5.82 Å². The summed E-state index contributed by atoms with van der Waals surface area (Å²) in [7, 11) is 0. The Hall–Kier alpha value is -1.20. The van der Waals surface area contributed by atoms with Crippen LogP contribution in [0, 0.1) is 0 Å². The zero-order valence-electron chi connectivity index (χ0n) is 9.80. The second kappa shape index (κ2) is 6.40. The minimum atomic E-state index is -0.104. The largest absolute Gasteiger partial charge is 0.396 e. The van der Waals surface area contributed by atoms with E-state index in [1.165, 1.54) is 0 Å². The van der Waals surface area contributed by atoms with Crippen LogP contribution in [-0.4, -0.2) is 39.4 Å². The van der Waals surface area contributed by atoms with Crippen LogP contribution in [0.1, 0.15) is 26.0 Å². The lowest BCUT2D eigenvalue weighted by Gasteiger charge is -2.27. The predicted molar refractivity (Wildman–Crippen MR) is 62.1 cm³/mol. The lowest BCUT2D eigenvalue weighted by molar-refractivity contribution is 0.276. The fourth-order valence-corrected chi connectivity index (χ4v) is 1.49. The van der Waals surface area contributed by atoms with Gasteiger partial charge < -0.3 is 15.1 Å². The molecule has 0 saturated carbocycles. The summed E-state index contributed by atoms with van der Waals surface area (Å²) in [6.45, 7) is 4.91. The van der Waals surface area contributed by atoms with Gasteiger partial charge in [0.2, 0.25) is 0 Å². The van der Waals surface area contributed by atoms with E-state index in [1.54, 1.807) is 12.4 Å². The molecule has 16 heavy (non-hydrogen) atoms. The molecule has 1 aromatic heterocycles. The van der Waals surface area contributed by atoms with Crippen LogP contribution >= 0.6 is 0 Å². The van der Waals surface area contributed by atoms with Crippen molar-refractivity contribution in [1.82, 2.24) is 9.97 Å². The Labute approximate surface area is 95.8 Å².